The minimum atomic E-state index is 0.291. The van der Waals surface area contributed by atoms with Gasteiger partial charge in [-0.05, 0) is 11.6 Å². The maximum atomic E-state index is 5.90. The van der Waals surface area contributed by atoms with Gasteiger partial charge < -0.3 is 10.5 Å². The van der Waals surface area contributed by atoms with Gasteiger partial charge in [0.05, 0.1) is 13.2 Å². The number of hydrogen-bond acceptors (Lipinski definition) is 3. The summed E-state index contributed by atoms with van der Waals surface area (Å²) in [6.07, 6.45) is 0. The van der Waals surface area contributed by atoms with Gasteiger partial charge >= 0.3 is 0 Å². The third-order valence-electron chi connectivity index (χ3n) is 2.97. The van der Waals surface area contributed by atoms with Gasteiger partial charge in [0.1, 0.15) is 0 Å². The molecule has 1 saturated heterocycles. The lowest BCUT2D eigenvalue weighted by Gasteiger charge is -2.34. The van der Waals surface area contributed by atoms with E-state index >= 15 is 0 Å². The summed E-state index contributed by atoms with van der Waals surface area (Å²) in [7, 11) is 0. The first-order valence-corrected chi connectivity index (χ1v) is 6.38. The zero-order valence-electron chi connectivity index (χ0n) is 9.23. The Balaban J connectivity index is 2.18. The summed E-state index contributed by atoms with van der Waals surface area (Å²) in [4.78, 5) is 2.39. The Bertz CT molecular complexity index is 340. The molecule has 1 fully saturated rings. The lowest BCUT2D eigenvalue weighted by Crippen LogP contribution is -2.41. The fourth-order valence-corrected chi connectivity index (χ4v) is 2.66. The molecule has 4 heteroatoms. The number of hydrogen-bond donors (Lipinski definition) is 1. The van der Waals surface area contributed by atoms with Gasteiger partial charge in [-0.15, -0.1) is 0 Å². The molecule has 0 bridgehead atoms. The highest BCUT2D eigenvalue weighted by atomic mass is 79.9. The van der Waals surface area contributed by atoms with Crippen molar-refractivity contribution >= 4 is 15.9 Å². The van der Waals surface area contributed by atoms with Crippen LogP contribution >= 0.6 is 15.9 Å². The molecule has 2 N–H and O–H groups in total. The van der Waals surface area contributed by atoms with Gasteiger partial charge in [0.2, 0.25) is 0 Å². The third kappa shape index (κ3) is 2.63. The van der Waals surface area contributed by atoms with Crippen LogP contribution in [0, 0.1) is 0 Å². The molecule has 0 amide bonds. The average Bonchev–Trinajstić information content (AvgIpc) is 2.34. The molecule has 0 aromatic heterocycles. The van der Waals surface area contributed by atoms with Crippen LogP contribution in [0.4, 0.5) is 0 Å². The summed E-state index contributed by atoms with van der Waals surface area (Å²) < 4.78 is 6.50. The molecule has 1 heterocycles. The first-order valence-electron chi connectivity index (χ1n) is 5.59. The average molecular weight is 285 g/mol. The van der Waals surface area contributed by atoms with Crippen LogP contribution in [0.2, 0.25) is 0 Å². The number of benzene rings is 1. The monoisotopic (exact) mass is 284 g/mol. The molecule has 88 valence electrons. The van der Waals surface area contributed by atoms with E-state index in [-0.39, 0.29) is 0 Å². The smallest absolute Gasteiger partial charge is 0.0594 e. The van der Waals surface area contributed by atoms with Crippen molar-refractivity contribution in [3.8, 4) is 0 Å². The van der Waals surface area contributed by atoms with Crippen LogP contribution in [0.5, 0.6) is 0 Å². The van der Waals surface area contributed by atoms with Gasteiger partial charge in [0, 0.05) is 30.1 Å². The van der Waals surface area contributed by atoms with Gasteiger partial charge in [-0.1, -0.05) is 34.1 Å². The largest absolute Gasteiger partial charge is 0.379 e. The van der Waals surface area contributed by atoms with E-state index in [9.17, 15) is 0 Å². The zero-order valence-corrected chi connectivity index (χ0v) is 10.8. The van der Waals surface area contributed by atoms with Crippen LogP contribution in [0.15, 0.2) is 28.7 Å². The normalized spacial score (nSPS) is 19.6. The summed E-state index contributed by atoms with van der Waals surface area (Å²) in [6.45, 7) is 4.18. The summed E-state index contributed by atoms with van der Waals surface area (Å²) in [6, 6.07) is 8.58. The molecule has 2 rings (SSSR count). The summed E-state index contributed by atoms with van der Waals surface area (Å²) >= 11 is 3.59. The van der Waals surface area contributed by atoms with Crippen molar-refractivity contribution in [1.82, 2.24) is 4.90 Å². The minimum absolute atomic E-state index is 0.291. The number of nitrogens with two attached hydrogens (primary N) is 1. The second kappa shape index (κ2) is 5.77. The molecule has 1 atom stereocenters. The number of morpholine rings is 1. The number of ether oxygens (including phenoxy) is 1. The van der Waals surface area contributed by atoms with Crippen LogP contribution in [-0.2, 0) is 4.74 Å². The van der Waals surface area contributed by atoms with Crippen molar-refractivity contribution in [3.63, 3.8) is 0 Å². The molecule has 0 saturated carbocycles. The van der Waals surface area contributed by atoms with Gasteiger partial charge in [-0.3, -0.25) is 4.90 Å². The Kier molecular flexibility index (Phi) is 4.35. The zero-order chi connectivity index (χ0) is 11.4. The van der Waals surface area contributed by atoms with Gasteiger partial charge in [0.25, 0.3) is 0 Å². The Morgan fingerprint density at radius 3 is 2.62 bits per heavy atom. The van der Waals surface area contributed by atoms with Crippen molar-refractivity contribution < 1.29 is 4.74 Å². The molecular weight excluding hydrogens is 268 g/mol. The molecule has 16 heavy (non-hydrogen) atoms. The molecule has 0 radical (unpaired) electrons. The summed E-state index contributed by atoms with van der Waals surface area (Å²) in [5.41, 5.74) is 7.17. The topological polar surface area (TPSA) is 38.5 Å². The second-order valence-electron chi connectivity index (χ2n) is 3.92. The third-order valence-corrected chi connectivity index (χ3v) is 3.70. The second-order valence-corrected chi connectivity index (χ2v) is 4.78. The van der Waals surface area contributed by atoms with E-state index in [0.29, 0.717) is 12.6 Å². The molecule has 1 aliphatic heterocycles. The quantitative estimate of drug-likeness (QED) is 0.920. The predicted octanol–water partition coefficient (Wildman–Crippen LogP) is 1.78. The fourth-order valence-electron chi connectivity index (χ4n) is 2.11. The highest BCUT2D eigenvalue weighted by Crippen LogP contribution is 2.27. The van der Waals surface area contributed by atoms with E-state index in [2.05, 4.69) is 39.0 Å². The van der Waals surface area contributed by atoms with Crippen molar-refractivity contribution in [2.45, 2.75) is 6.04 Å². The van der Waals surface area contributed by atoms with E-state index in [1.165, 1.54) is 5.56 Å². The van der Waals surface area contributed by atoms with E-state index in [1.807, 2.05) is 6.07 Å². The Morgan fingerprint density at radius 1 is 1.31 bits per heavy atom. The van der Waals surface area contributed by atoms with E-state index in [0.717, 1.165) is 30.8 Å². The first kappa shape index (κ1) is 12.0. The van der Waals surface area contributed by atoms with Crippen molar-refractivity contribution in [3.05, 3.63) is 34.3 Å². The number of rotatable bonds is 3. The van der Waals surface area contributed by atoms with Gasteiger partial charge in [-0.25, -0.2) is 0 Å². The maximum absolute atomic E-state index is 5.90. The van der Waals surface area contributed by atoms with Crippen LogP contribution in [0.1, 0.15) is 11.6 Å². The molecule has 1 aliphatic rings. The van der Waals surface area contributed by atoms with Gasteiger partial charge in [0.15, 0.2) is 0 Å². The van der Waals surface area contributed by atoms with Crippen molar-refractivity contribution in [2.24, 2.45) is 5.73 Å². The van der Waals surface area contributed by atoms with Crippen molar-refractivity contribution in [2.75, 3.05) is 32.8 Å². The van der Waals surface area contributed by atoms with Crippen molar-refractivity contribution in [1.29, 1.82) is 0 Å². The van der Waals surface area contributed by atoms with Crippen LogP contribution in [0.25, 0.3) is 0 Å². The standard InChI is InChI=1S/C12H17BrN2O/c13-11-4-2-1-3-10(11)12(9-14)15-5-7-16-8-6-15/h1-4,12H,5-9,14H2/t12-/m0/s1. The Labute approximate surface area is 105 Å². The molecule has 0 unspecified atom stereocenters. The van der Waals surface area contributed by atoms with Crippen LogP contribution in [-0.4, -0.2) is 37.7 Å². The lowest BCUT2D eigenvalue weighted by atomic mass is 10.1. The predicted molar refractivity (Wildman–Crippen MR) is 68.3 cm³/mol. The van der Waals surface area contributed by atoms with Crippen LogP contribution < -0.4 is 5.73 Å². The lowest BCUT2D eigenvalue weighted by molar-refractivity contribution is 0.0177. The molecule has 3 nitrogen and oxygen atoms in total. The van der Waals surface area contributed by atoms with Crippen LogP contribution in [0.3, 0.4) is 0 Å². The van der Waals surface area contributed by atoms with E-state index < -0.39 is 0 Å². The molecule has 0 spiro atoms. The van der Waals surface area contributed by atoms with E-state index in [4.69, 9.17) is 10.5 Å². The molecular formula is C12H17BrN2O. The fraction of sp³-hybridized carbons (Fsp3) is 0.500. The first-order chi connectivity index (χ1) is 7.83. The SMILES string of the molecule is NC[C@@H](c1ccccc1Br)N1CCOCC1. The Hall–Kier alpha value is -0.420. The number of halogens is 1. The Morgan fingerprint density at radius 2 is 2.00 bits per heavy atom. The highest BCUT2D eigenvalue weighted by molar-refractivity contribution is 9.10. The summed E-state index contributed by atoms with van der Waals surface area (Å²) in [5, 5.41) is 0. The molecule has 1 aromatic rings. The minimum Gasteiger partial charge on any atom is -0.379 e. The van der Waals surface area contributed by atoms with E-state index in [1.54, 1.807) is 0 Å². The maximum Gasteiger partial charge on any atom is 0.0594 e. The molecule has 1 aromatic carbocycles. The summed E-state index contributed by atoms with van der Waals surface area (Å²) in [5.74, 6) is 0. The highest BCUT2D eigenvalue weighted by Gasteiger charge is 2.22. The number of nitrogens with zero attached hydrogens (tertiary/aromatic N) is 1. The van der Waals surface area contributed by atoms with Gasteiger partial charge in [-0.2, -0.15) is 0 Å². The molecule has 0 aliphatic carbocycles.